The van der Waals surface area contributed by atoms with Crippen molar-refractivity contribution in [3.63, 3.8) is 0 Å². The van der Waals surface area contributed by atoms with E-state index in [2.05, 4.69) is 0 Å². The molecule has 0 radical (unpaired) electrons. The Morgan fingerprint density at radius 3 is 2.29 bits per heavy atom. The minimum atomic E-state index is -4.55. The molecule has 0 aliphatic carbocycles. The van der Waals surface area contributed by atoms with Crippen molar-refractivity contribution in [3.05, 3.63) is 93.2 Å². The number of alkyl halides is 3. The van der Waals surface area contributed by atoms with Crippen molar-refractivity contribution in [2.75, 3.05) is 13.1 Å². The molecule has 1 aromatic heterocycles. The summed E-state index contributed by atoms with van der Waals surface area (Å²) in [5.74, 6) is -0.833. The molecular weight excluding hydrogens is 473 g/mol. The maximum absolute atomic E-state index is 13.5. The second-order valence-electron chi connectivity index (χ2n) is 8.41. The van der Waals surface area contributed by atoms with Crippen molar-refractivity contribution in [1.29, 1.82) is 0 Å². The van der Waals surface area contributed by atoms with Crippen LogP contribution in [0.25, 0.3) is 0 Å². The number of amides is 2. The number of hydrogen-bond donors (Lipinski definition) is 0. The van der Waals surface area contributed by atoms with Crippen molar-refractivity contribution < 1.29 is 22.8 Å². The zero-order chi connectivity index (χ0) is 25.4. The first-order valence-corrected chi connectivity index (χ1v) is 12.3. The van der Waals surface area contributed by atoms with Gasteiger partial charge in [-0.15, -0.1) is 11.3 Å². The van der Waals surface area contributed by atoms with Gasteiger partial charge in [0.25, 0.3) is 5.91 Å². The Labute approximate surface area is 208 Å². The van der Waals surface area contributed by atoms with Crippen molar-refractivity contribution >= 4 is 23.2 Å². The summed E-state index contributed by atoms with van der Waals surface area (Å²) in [4.78, 5) is 31.9. The maximum Gasteiger partial charge on any atom is 0.416 e. The Bertz CT molecular complexity index is 1130. The van der Waals surface area contributed by atoms with Crippen molar-refractivity contribution in [2.45, 2.75) is 46.0 Å². The molecular formula is C27H29F3N2O2S. The lowest BCUT2D eigenvalue weighted by Gasteiger charge is -2.28. The third kappa shape index (κ3) is 7.68. The molecule has 3 rings (SSSR count). The molecule has 0 fully saturated rings. The van der Waals surface area contributed by atoms with Gasteiger partial charge in [0.05, 0.1) is 12.1 Å². The van der Waals surface area contributed by atoms with Gasteiger partial charge in [0.1, 0.15) is 6.54 Å². The van der Waals surface area contributed by atoms with Crippen LogP contribution >= 0.6 is 11.3 Å². The van der Waals surface area contributed by atoms with Crippen molar-refractivity contribution in [2.24, 2.45) is 0 Å². The summed E-state index contributed by atoms with van der Waals surface area (Å²) < 4.78 is 39.5. The highest BCUT2D eigenvalue weighted by molar-refractivity contribution is 7.11. The molecule has 0 saturated carbocycles. The van der Waals surface area contributed by atoms with Crippen LogP contribution in [0, 0.1) is 6.92 Å². The molecule has 0 aliphatic heterocycles. The molecule has 2 amide bonds. The summed E-state index contributed by atoms with van der Waals surface area (Å²) in [6, 6.07) is 17.9. The van der Waals surface area contributed by atoms with Crippen LogP contribution in [0.5, 0.6) is 0 Å². The second kappa shape index (κ2) is 12.0. The predicted molar refractivity (Wildman–Crippen MR) is 132 cm³/mol. The van der Waals surface area contributed by atoms with E-state index in [4.69, 9.17) is 0 Å². The highest BCUT2D eigenvalue weighted by Crippen LogP contribution is 2.30. The summed E-state index contributed by atoms with van der Waals surface area (Å²) >= 11 is 1.60. The third-order valence-corrected chi connectivity index (χ3v) is 6.53. The lowest BCUT2D eigenvalue weighted by molar-refractivity contribution is -0.137. The Kier molecular flexibility index (Phi) is 9.09. The Morgan fingerprint density at radius 1 is 0.914 bits per heavy atom. The van der Waals surface area contributed by atoms with E-state index < -0.39 is 17.6 Å². The molecule has 8 heteroatoms. The maximum atomic E-state index is 13.5. The molecule has 0 saturated heterocycles. The zero-order valence-corrected chi connectivity index (χ0v) is 20.7. The van der Waals surface area contributed by atoms with Crippen LogP contribution in [0.2, 0.25) is 0 Å². The van der Waals surface area contributed by atoms with E-state index in [1.807, 2.05) is 56.3 Å². The molecule has 3 aromatic rings. The lowest BCUT2D eigenvalue weighted by atomic mass is 10.1. The smallest absolute Gasteiger partial charge is 0.332 e. The molecule has 0 atom stereocenters. The fourth-order valence-electron chi connectivity index (χ4n) is 3.67. The first-order chi connectivity index (χ1) is 16.7. The average Bonchev–Trinajstić information content (AvgIpc) is 3.25. The predicted octanol–water partition coefficient (Wildman–Crippen LogP) is 6.55. The average molecular weight is 503 g/mol. The minimum absolute atomic E-state index is 0.0766. The highest BCUT2D eigenvalue weighted by Gasteiger charge is 2.31. The van der Waals surface area contributed by atoms with Crippen molar-refractivity contribution in [1.82, 2.24) is 9.80 Å². The Balaban J connectivity index is 1.83. The Hall–Kier alpha value is -3.13. The van der Waals surface area contributed by atoms with Gasteiger partial charge in [0.2, 0.25) is 5.91 Å². The molecule has 1 heterocycles. The number of unbranched alkanes of at least 4 members (excludes halogenated alkanes) is 1. The molecule has 0 N–H and O–H groups in total. The summed E-state index contributed by atoms with van der Waals surface area (Å²) in [5, 5.41) is 0. The minimum Gasteiger partial charge on any atom is -0.332 e. The van der Waals surface area contributed by atoms with Gasteiger partial charge in [0.15, 0.2) is 0 Å². The fraction of sp³-hybridized carbons (Fsp3) is 0.333. The van der Waals surface area contributed by atoms with Gasteiger partial charge in [-0.3, -0.25) is 9.59 Å². The van der Waals surface area contributed by atoms with Crippen LogP contribution in [0.15, 0.2) is 66.7 Å². The normalized spacial score (nSPS) is 11.3. The summed E-state index contributed by atoms with van der Waals surface area (Å²) in [6.45, 7) is 4.80. The molecule has 0 bridgehead atoms. The topological polar surface area (TPSA) is 40.6 Å². The number of halogens is 3. The summed E-state index contributed by atoms with van der Waals surface area (Å²) in [6.07, 6.45) is -3.13. The first-order valence-electron chi connectivity index (χ1n) is 11.5. The number of rotatable bonds is 10. The number of thiophene rings is 1. The van der Waals surface area contributed by atoms with Crippen LogP contribution in [0.3, 0.4) is 0 Å². The number of carbonyl (C=O) groups is 2. The van der Waals surface area contributed by atoms with Crippen LogP contribution in [-0.4, -0.2) is 34.7 Å². The summed E-state index contributed by atoms with van der Waals surface area (Å²) in [7, 11) is 0. The van der Waals surface area contributed by atoms with E-state index in [0.717, 1.165) is 33.9 Å². The SMILES string of the molecule is CCCCN(CC(=O)N(Cc1ccccc1)Cc1ccc(C)s1)C(=O)c1cccc(C(F)(F)F)c1. The van der Waals surface area contributed by atoms with E-state index in [0.29, 0.717) is 19.5 Å². The number of nitrogens with zero attached hydrogens (tertiary/aromatic N) is 2. The lowest BCUT2D eigenvalue weighted by Crippen LogP contribution is -2.43. The molecule has 0 aliphatic rings. The van der Waals surface area contributed by atoms with Gasteiger partial charge >= 0.3 is 6.18 Å². The molecule has 0 unspecified atom stereocenters. The molecule has 35 heavy (non-hydrogen) atoms. The van der Waals surface area contributed by atoms with Gasteiger partial charge < -0.3 is 9.80 Å². The van der Waals surface area contributed by atoms with Crippen molar-refractivity contribution in [3.8, 4) is 0 Å². The molecule has 4 nitrogen and oxygen atoms in total. The number of benzene rings is 2. The largest absolute Gasteiger partial charge is 0.416 e. The van der Waals surface area contributed by atoms with E-state index in [9.17, 15) is 22.8 Å². The fourth-order valence-corrected chi connectivity index (χ4v) is 4.58. The van der Waals surface area contributed by atoms with Gasteiger partial charge in [0, 0.05) is 28.4 Å². The van der Waals surface area contributed by atoms with Gasteiger partial charge in [-0.1, -0.05) is 49.7 Å². The van der Waals surface area contributed by atoms with Crippen LogP contribution in [0.1, 0.15) is 51.0 Å². The van der Waals surface area contributed by atoms with Crippen LogP contribution < -0.4 is 0 Å². The highest BCUT2D eigenvalue weighted by atomic mass is 32.1. The molecule has 0 spiro atoms. The van der Waals surface area contributed by atoms with E-state index in [1.165, 1.54) is 17.0 Å². The van der Waals surface area contributed by atoms with Gasteiger partial charge in [-0.05, 0) is 49.2 Å². The molecule has 2 aromatic carbocycles. The second-order valence-corrected chi connectivity index (χ2v) is 9.78. The standard InChI is InChI=1S/C27H29F3N2O2S/c1-3-4-15-31(26(34)22-11-8-12-23(16-22)27(28,29)30)19-25(33)32(17-21-9-6-5-7-10-21)18-24-14-13-20(2)35-24/h5-14,16H,3-4,15,17-19H2,1-2H3. The quantitative estimate of drug-likeness (QED) is 0.316. The monoisotopic (exact) mass is 502 g/mol. The Morgan fingerprint density at radius 2 is 1.66 bits per heavy atom. The van der Waals surface area contributed by atoms with E-state index in [-0.39, 0.29) is 24.6 Å². The third-order valence-electron chi connectivity index (χ3n) is 5.54. The van der Waals surface area contributed by atoms with E-state index in [1.54, 1.807) is 16.2 Å². The van der Waals surface area contributed by atoms with Gasteiger partial charge in [-0.25, -0.2) is 0 Å². The number of carbonyl (C=O) groups excluding carboxylic acids is 2. The van der Waals surface area contributed by atoms with Crippen LogP contribution in [0.4, 0.5) is 13.2 Å². The molecule has 186 valence electrons. The number of aryl methyl sites for hydroxylation is 1. The number of hydrogen-bond acceptors (Lipinski definition) is 3. The van der Waals surface area contributed by atoms with E-state index >= 15 is 0 Å². The van der Waals surface area contributed by atoms with Crippen LogP contribution in [-0.2, 0) is 24.1 Å². The van der Waals surface area contributed by atoms with Gasteiger partial charge in [-0.2, -0.15) is 13.2 Å². The first kappa shape index (κ1) is 26.5. The zero-order valence-electron chi connectivity index (χ0n) is 19.8. The summed E-state index contributed by atoms with van der Waals surface area (Å²) in [5.41, 5.74) is -0.00505.